The van der Waals surface area contributed by atoms with Gasteiger partial charge in [-0.1, -0.05) is 35.4 Å². The fourth-order valence-electron chi connectivity index (χ4n) is 3.16. The van der Waals surface area contributed by atoms with E-state index < -0.39 is 0 Å². The van der Waals surface area contributed by atoms with Crippen molar-refractivity contribution in [3.8, 4) is 0 Å². The SMILES string of the molecule is Cc1ccc(N2CC(C(=O)Nc3c(C)cc(C)cc3Cl)CC2=O)cc1. The first-order chi connectivity index (χ1) is 11.8. The van der Waals surface area contributed by atoms with Gasteiger partial charge in [0.2, 0.25) is 11.8 Å². The molecule has 0 spiro atoms. The van der Waals surface area contributed by atoms with Crippen LogP contribution in [0.15, 0.2) is 36.4 Å². The minimum absolute atomic E-state index is 0.0317. The van der Waals surface area contributed by atoms with Gasteiger partial charge in [0, 0.05) is 18.7 Å². The first-order valence-electron chi connectivity index (χ1n) is 8.30. The lowest BCUT2D eigenvalue weighted by molar-refractivity contribution is -0.122. The summed E-state index contributed by atoms with van der Waals surface area (Å²) in [4.78, 5) is 26.6. The molecule has 1 fully saturated rings. The maximum atomic E-state index is 12.6. The smallest absolute Gasteiger partial charge is 0.229 e. The molecule has 1 aliphatic rings. The number of hydrogen-bond donors (Lipinski definition) is 1. The van der Waals surface area contributed by atoms with Crippen LogP contribution in [0.5, 0.6) is 0 Å². The normalized spacial score (nSPS) is 17.0. The summed E-state index contributed by atoms with van der Waals surface area (Å²) in [5.41, 5.74) is 4.54. The van der Waals surface area contributed by atoms with E-state index in [1.54, 1.807) is 4.90 Å². The molecule has 1 heterocycles. The van der Waals surface area contributed by atoms with Gasteiger partial charge >= 0.3 is 0 Å². The third-order valence-electron chi connectivity index (χ3n) is 4.52. The van der Waals surface area contributed by atoms with Crippen molar-refractivity contribution >= 4 is 34.8 Å². The summed E-state index contributed by atoms with van der Waals surface area (Å²) in [7, 11) is 0. The molecule has 3 rings (SSSR count). The Balaban J connectivity index is 1.74. The molecule has 4 nitrogen and oxygen atoms in total. The zero-order chi connectivity index (χ0) is 18.1. The molecule has 2 aromatic rings. The highest BCUT2D eigenvalue weighted by Crippen LogP contribution is 2.30. The van der Waals surface area contributed by atoms with Crippen LogP contribution in [-0.2, 0) is 9.59 Å². The quantitative estimate of drug-likeness (QED) is 0.893. The van der Waals surface area contributed by atoms with E-state index in [0.29, 0.717) is 17.3 Å². The highest BCUT2D eigenvalue weighted by Gasteiger charge is 2.35. The second-order valence-corrected chi connectivity index (χ2v) is 7.08. The van der Waals surface area contributed by atoms with Crippen molar-refractivity contribution in [2.45, 2.75) is 27.2 Å². The molecule has 2 amide bonds. The van der Waals surface area contributed by atoms with Gasteiger partial charge in [-0.15, -0.1) is 0 Å². The van der Waals surface area contributed by atoms with Crippen LogP contribution in [0, 0.1) is 26.7 Å². The van der Waals surface area contributed by atoms with Crippen molar-refractivity contribution < 1.29 is 9.59 Å². The van der Waals surface area contributed by atoms with Crippen molar-refractivity contribution in [1.29, 1.82) is 0 Å². The van der Waals surface area contributed by atoms with Crippen molar-refractivity contribution in [3.05, 3.63) is 58.1 Å². The molecule has 0 radical (unpaired) electrons. The van der Waals surface area contributed by atoms with Crippen LogP contribution in [0.1, 0.15) is 23.1 Å². The van der Waals surface area contributed by atoms with Gasteiger partial charge in [0.05, 0.1) is 16.6 Å². The van der Waals surface area contributed by atoms with E-state index >= 15 is 0 Å². The number of carbonyl (C=O) groups is 2. The molecule has 1 N–H and O–H groups in total. The van der Waals surface area contributed by atoms with Crippen LogP contribution in [0.25, 0.3) is 0 Å². The maximum absolute atomic E-state index is 12.6. The lowest BCUT2D eigenvalue weighted by Crippen LogP contribution is -2.28. The van der Waals surface area contributed by atoms with Crippen LogP contribution < -0.4 is 10.2 Å². The van der Waals surface area contributed by atoms with Gasteiger partial charge in [0.1, 0.15) is 0 Å². The first kappa shape index (κ1) is 17.5. The number of anilines is 2. The van der Waals surface area contributed by atoms with Gasteiger partial charge in [-0.3, -0.25) is 9.59 Å². The molecule has 1 unspecified atom stereocenters. The summed E-state index contributed by atoms with van der Waals surface area (Å²) < 4.78 is 0. The number of hydrogen-bond acceptors (Lipinski definition) is 2. The predicted molar refractivity (Wildman–Crippen MR) is 101 cm³/mol. The number of nitrogens with one attached hydrogen (secondary N) is 1. The number of amides is 2. The maximum Gasteiger partial charge on any atom is 0.229 e. The predicted octanol–water partition coefficient (Wildman–Crippen LogP) is 4.26. The fraction of sp³-hybridized carbons (Fsp3) is 0.300. The van der Waals surface area contributed by atoms with Gasteiger partial charge in [0.15, 0.2) is 0 Å². The molecule has 0 saturated carbocycles. The van der Waals surface area contributed by atoms with Crippen molar-refractivity contribution in [1.82, 2.24) is 0 Å². The topological polar surface area (TPSA) is 49.4 Å². The van der Waals surface area contributed by atoms with Crippen LogP contribution in [0.2, 0.25) is 5.02 Å². The van der Waals surface area contributed by atoms with Crippen molar-refractivity contribution in [2.24, 2.45) is 5.92 Å². The average Bonchev–Trinajstić information content (AvgIpc) is 2.93. The molecule has 1 atom stereocenters. The molecular formula is C20H21ClN2O2. The summed E-state index contributed by atoms with van der Waals surface area (Å²) in [5.74, 6) is -0.585. The van der Waals surface area contributed by atoms with E-state index in [0.717, 1.165) is 22.4 Å². The first-order valence-corrected chi connectivity index (χ1v) is 8.67. The summed E-state index contributed by atoms with van der Waals surface area (Å²) in [6.07, 6.45) is 0.211. The Morgan fingerprint density at radius 2 is 1.80 bits per heavy atom. The van der Waals surface area contributed by atoms with Gasteiger partial charge in [0.25, 0.3) is 0 Å². The van der Waals surface area contributed by atoms with Gasteiger partial charge in [-0.2, -0.15) is 0 Å². The molecular weight excluding hydrogens is 336 g/mol. The van der Waals surface area contributed by atoms with E-state index in [9.17, 15) is 9.59 Å². The Bertz CT molecular complexity index is 807. The molecule has 25 heavy (non-hydrogen) atoms. The number of benzene rings is 2. The largest absolute Gasteiger partial charge is 0.324 e. The summed E-state index contributed by atoms with van der Waals surface area (Å²) in [5, 5.41) is 3.42. The lowest BCUT2D eigenvalue weighted by Gasteiger charge is -2.17. The van der Waals surface area contributed by atoms with Crippen LogP contribution >= 0.6 is 11.6 Å². The highest BCUT2D eigenvalue weighted by atomic mass is 35.5. The number of nitrogens with zero attached hydrogens (tertiary/aromatic N) is 1. The van der Waals surface area contributed by atoms with E-state index in [1.165, 1.54) is 0 Å². The third-order valence-corrected chi connectivity index (χ3v) is 4.82. The summed E-state index contributed by atoms with van der Waals surface area (Å²) in [6, 6.07) is 11.5. The Hall–Kier alpha value is -2.33. The van der Waals surface area contributed by atoms with E-state index in [2.05, 4.69) is 5.32 Å². The Morgan fingerprint density at radius 1 is 1.12 bits per heavy atom. The number of carbonyl (C=O) groups excluding carboxylic acids is 2. The van der Waals surface area contributed by atoms with Crippen LogP contribution in [-0.4, -0.2) is 18.4 Å². The lowest BCUT2D eigenvalue weighted by atomic mass is 10.1. The average molecular weight is 357 g/mol. The Kier molecular flexibility index (Phi) is 4.82. The molecule has 0 bridgehead atoms. The Morgan fingerprint density at radius 3 is 2.44 bits per heavy atom. The van der Waals surface area contributed by atoms with Gasteiger partial charge in [-0.25, -0.2) is 0 Å². The molecule has 1 aliphatic heterocycles. The van der Waals surface area contributed by atoms with Crippen LogP contribution in [0.4, 0.5) is 11.4 Å². The standard InChI is InChI=1S/C20H21ClN2O2/c1-12-4-6-16(7-5-12)23-11-15(10-18(23)24)20(25)22-19-14(3)8-13(2)9-17(19)21/h4-9,15H,10-11H2,1-3H3,(H,22,25). The minimum Gasteiger partial charge on any atom is -0.324 e. The van der Waals surface area contributed by atoms with Crippen LogP contribution in [0.3, 0.4) is 0 Å². The number of halogens is 1. The van der Waals surface area contributed by atoms with Crippen molar-refractivity contribution in [3.63, 3.8) is 0 Å². The summed E-state index contributed by atoms with van der Waals surface area (Å²) >= 11 is 6.26. The molecule has 1 saturated heterocycles. The molecule has 0 aromatic heterocycles. The fourth-order valence-corrected chi connectivity index (χ4v) is 3.53. The Labute approximate surface area is 152 Å². The number of aryl methyl sites for hydroxylation is 3. The van der Waals surface area contributed by atoms with Gasteiger partial charge < -0.3 is 10.2 Å². The minimum atomic E-state index is -0.384. The zero-order valence-electron chi connectivity index (χ0n) is 14.6. The molecule has 5 heteroatoms. The second-order valence-electron chi connectivity index (χ2n) is 6.67. The highest BCUT2D eigenvalue weighted by molar-refractivity contribution is 6.34. The van der Waals surface area contributed by atoms with E-state index in [1.807, 2.05) is 57.2 Å². The zero-order valence-corrected chi connectivity index (χ0v) is 15.4. The van der Waals surface area contributed by atoms with Crippen molar-refractivity contribution in [2.75, 3.05) is 16.8 Å². The second kappa shape index (κ2) is 6.89. The third kappa shape index (κ3) is 3.69. The molecule has 0 aliphatic carbocycles. The van der Waals surface area contributed by atoms with E-state index in [4.69, 9.17) is 11.6 Å². The van der Waals surface area contributed by atoms with Gasteiger partial charge in [-0.05, 0) is 50.1 Å². The summed E-state index contributed by atoms with van der Waals surface area (Å²) in [6.45, 7) is 6.25. The molecule has 130 valence electrons. The van der Waals surface area contributed by atoms with E-state index in [-0.39, 0.29) is 24.2 Å². The number of rotatable bonds is 3. The monoisotopic (exact) mass is 356 g/mol. The molecule has 2 aromatic carbocycles.